The van der Waals surface area contributed by atoms with Crippen LogP contribution in [0, 0.1) is 11.8 Å². The number of benzene rings is 1. The quantitative estimate of drug-likeness (QED) is 0.423. The first-order chi connectivity index (χ1) is 15.6. The highest BCUT2D eigenvalue weighted by molar-refractivity contribution is 6.22. The number of Topliss-reactive ketones (excluding diaryl/α,β-unsaturated/α-hetero) is 2. The number of ketones is 2. The molecule has 0 radical (unpaired) electrons. The molecule has 1 aromatic rings. The Morgan fingerprint density at radius 3 is 2.48 bits per heavy atom. The number of hydrogen-bond donors (Lipinski definition) is 5. The van der Waals surface area contributed by atoms with E-state index in [0.29, 0.717) is 13.0 Å². The Hall–Kier alpha value is -3.17. The molecule has 1 aromatic carbocycles. The molecule has 2 fully saturated rings. The van der Waals surface area contributed by atoms with E-state index in [9.17, 15) is 34.8 Å². The molecule has 33 heavy (non-hydrogen) atoms. The monoisotopic (exact) mass is 454 g/mol. The van der Waals surface area contributed by atoms with Crippen LogP contribution in [0.5, 0.6) is 5.75 Å². The number of primary amides is 1. The van der Waals surface area contributed by atoms with Gasteiger partial charge in [-0.2, -0.15) is 0 Å². The molecule has 3 aliphatic carbocycles. The number of nitrogens with two attached hydrogens (primary N) is 1. The van der Waals surface area contributed by atoms with Crippen molar-refractivity contribution < 1.29 is 34.8 Å². The van der Waals surface area contributed by atoms with Gasteiger partial charge in [-0.1, -0.05) is 6.07 Å². The lowest BCUT2D eigenvalue weighted by Gasteiger charge is -2.46. The van der Waals surface area contributed by atoms with E-state index in [0.717, 1.165) is 37.1 Å². The molecule has 9 nitrogen and oxygen atoms in total. The number of hydrogen-bond acceptors (Lipinski definition) is 8. The first-order valence-electron chi connectivity index (χ1n) is 11.2. The maximum Gasteiger partial charge on any atom is 0.255 e. The number of phenols is 1. The molecule has 5 rings (SSSR count). The first-order valence-corrected chi connectivity index (χ1v) is 11.2. The maximum absolute atomic E-state index is 13.5. The van der Waals surface area contributed by atoms with Gasteiger partial charge in [-0.25, -0.2) is 0 Å². The van der Waals surface area contributed by atoms with Crippen molar-refractivity contribution in [3.8, 4) is 5.75 Å². The number of fused-ring (bicyclic) bond motifs is 3. The van der Waals surface area contributed by atoms with E-state index >= 15 is 0 Å². The molecule has 1 saturated heterocycles. The molecule has 1 saturated carbocycles. The Morgan fingerprint density at radius 1 is 1.12 bits per heavy atom. The smallest absolute Gasteiger partial charge is 0.255 e. The largest absolute Gasteiger partial charge is 0.508 e. The Morgan fingerprint density at radius 2 is 1.82 bits per heavy atom. The van der Waals surface area contributed by atoms with Gasteiger partial charge in [-0.15, -0.1) is 0 Å². The van der Waals surface area contributed by atoms with Crippen LogP contribution in [0.15, 0.2) is 29.0 Å². The summed E-state index contributed by atoms with van der Waals surface area (Å²) in [5.41, 5.74) is 3.62. The van der Waals surface area contributed by atoms with E-state index in [4.69, 9.17) is 5.73 Å². The number of aliphatic hydroxyl groups is 3. The minimum absolute atomic E-state index is 0.111. The lowest BCUT2D eigenvalue weighted by molar-refractivity contribution is -0.147. The molecular weight excluding hydrogens is 428 g/mol. The van der Waals surface area contributed by atoms with Crippen molar-refractivity contribution >= 4 is 23.2 Å². The predicted octanol–water partition coefficient (Wildman–Crippen LogP) is 1.02. The van der Waals surface area contributed by atoms with Crippen LogP contribution in [0.1, 0.15) is 42.4 Å². The van der Waals surface area contributed by atoms with Crippen LogP contribution >= 0.6 is 0 Å². The summed E-state index contributed by atoms with van der Waals surface area (Å²) >= 11 is 0. The molecule has 6 N–H and O–H groups in total. The number of aromatic hydroxyl groups is 1. The number of rotatable bonds is 3. The lowest BCUT2D eigenvalue weighted by Crippen LogP contribution is -2.58. The van der Waals surface area contributed by atoms with Gasteiger partial charge in [0.15, 0.2) is 11.4 Å². The van der Waals surface area contributed by atoms with Crippen molar-refractivity contribution in [2.75, 3.05) is 13.1 Å². The highest BCUT2D eigenvalue weighted by Gasteiger charge is 2.60. The van der Waals surface area contributed by atoms with Crippen molar-refractivity contribution in [2.45, 2.75) is 44.2 Å². The average molecular weight is 454 g/mol. The number of aliphatic hydroxyl groups excluding tert-OH is 2. The summed E-state index contributed by atoms with van der Waals surface area (Å²) in [6.45, 7) is 2.59. The Labute approximate surface area is 189 Å². The van der Waals surface area contributed by atoms with Crippen LogP contribution in [0.2, 0.25) is 0 Å². The van der Waals surface area contributed by atoms with Gasteiger partial charge in [0.2, 0.25) is 5.78 Å². The zero-order chi connectivity index (χ0) is 23.7. The zero-order valence-electron chi connectivity index (χ0n) is 18.0. The second kappa shape index (κ2) is 7.43. The van der Waals surface area contributed by atoms with Crippen LogP contribution in [0.25, 0.3) is 5.76 Å². The average Bonchev–Trinajstić information content (AvgIpc) is 3.25. The fourth-order valence-electron chi connectivity index (χ4n) is 6.02. The summed E-state index contributed by atoms with van der Waals surface area (Å²) in [5.74, 6) is -6.06. The number of phenolic OH excluding ortho intramolecular Hbond substituents is 1. The number of likely N-dealkylation sites (tertiary alicyclic amines) is 1. The third kappa shape index (κ3) is 3.02. The third-order valence-corrected chi connectivity index (χ3v) is 7.64. The SMILES string of the molecule is NC(=O)C1=C(O)C2(O)C(=O)C3=C(O)c4c(O)ccc(CN5CCCC5)c4CC3CC2CC1=O. The van der Waals surface area contributed by atoms with Gasteiger partial charge in [-0.05, 0) is 61.9 Å². The van der Waals surface area contributed by atoms with Crippen molar-refractivity contribution in [1.82, 2.24) is 4.90 Å². The molecule has 1 aliphatic heterocycles. The standard InChI is InChI=1S/C24H26N2O7/c25-23(32)19-16(28)9-13-7-12-8-14-11(10-26-5-1-2-6-26)3-4-15(27)18(14)20(29)17(12)21(30)24(13,33)22(19)31/h3-4,12-13,27,29,31,33H,1-2,5-10H2,(H2,25,32). The summed E-state index contributed by atoms with van der Waals surface area (Å²) < 4.78 is 0. The second-order valence-corrected chi connectivity index (χ2v) is 9.49. The van der Waals surface area contributed by atoms with E-state index < -0.39 is 52.0 Å². The lowest BCUT2D eigenvalue weighted by atomic mass is 9.59. The van der Waals surface area contributed by atoms with Crippen LogP contribution in [0.3, 0.4) is 0 Å². The Balaban J connectivity index is 1.63. The maximum atomic E-state index is 13.5. The van der Waals surface area contributed by atoms with E-state index in [1.54, 1.807) is 0 Å². The van der Waals surface area contributed by atoms with Crippen molar-refractivity contribution in [1.29, 1.82) is 0 Å². The molecule has 0 aromatic heterocycles. The molecule has 4 aliphatic rings. The summed E-state index contributed by atoms with van der Waals surface area (Å²) in [4.78, 5) is 39.9. The molecule has 0 bridgehead atoms. The molecule has 3 atom stereocenters. The van der Waals surface area contributed by atoms with Crippen molar-refractivity contribution in [3.63, 3.8) is 0 Å². The molecule has 3 unspecified atom stereocenters. The van der Waals surface area contributed by atoms with E-state index in [1.807, 2.05) is 6.07 Å². The van der Waals surface area contributed by atoms with Gasteiger partial charge in [0.05, 0.1) is 5.56 Å². The van der Waals surface area contributed by atoms with Crippen LogP contribution in [0.4, 0.5) is 0 Å². The van der Waals surface area contributed by atoms with Crippen LogP contribution in [-0.2, 0) is 27.3 Å². The predicted molar refractivity (Wildman–Crippen MR) is 116 cm³/mol. The topological polar surface area (TPSA) is 161 Å². The molecule has 0 spiro atoms. The van der Waals surface area contributed by atoms with Crippen molar-refractivity contribution in [2.24, 2.45) is 17.6 Å². The van der Waals surface area contributed by atoms with Gasteiger partial charge in [0, 0.05) is 24.5 Å². The number of carbonyl (C=O) groups is 3. The molecule has 174 valence electrons. The molecule has 9 heteroatoms. The summed E-state index contributed by atoms with van der Waals surface area (Å²) in [5, 5.41) is 43.5. The van der Waals surface area contributed by atoms with Gasteiger partial charge in [0.1, 0.15) is 22.8 Å². The van der Waals surface area contributed by atoms with E-state index in [1.165, 1.54) is 6.07 Å². The minimum Gasteiger partial charge on any atom is -0.508 e. The number of carbonyl (C=O) groups excluding carboxylic acids is 3. The molecular formula is C24H26N2O7. The number of amides is 1. The molecule has 1 amide bonds. The molecule has 1 heterocycles. The van der Waals surface area contributed by atoms with E-state index in [-0.39, 0.29) is 29.7 Å². The highest BCUT2D eigenvalue weighted by Crippen LogP contribution is 2.52. The highest BCUT2D eigenvalue weighted by atomic mass is 16.3. The first kappa shape index (κ1) is 21.7. The zero-order valence-corrected chi connectivity index (χ0v) is 18.0. The fourth-order valence-corrected chi connectivity index (χ4v) is 6.02. The van der Waals surface area contributed by atoms with Gasteiger partial charge < -0.3 is 26.2 Å². The summed E-state index contributed by atoms with van der Waals surface area (Å²) in [7, 11) is 0. The third-order valence-electron chi connectivity index (χ3n) is 7.64. The van der Waals surface area contributed by atoms with Gasteiger partial charge >= 0.3 is 0 Å². The van der Waals surface area contributed by atoms with Crippen LogP contribution in [-0.4, -0.2) is 61.5 Å². The summed E-state index contributed by atoms with van der Waals surface area (Å²) in [6, 6.07) is 3.30. The Kier molecular flexibility index (Phi) is 4.88. The second-order valence-electron chi connectivity index (χ2n) is 9.49. The fraction of sp³-hybridized carbons (Fsp3) is 0.458. The number of nitrogens with zero attached hydrogens (tertiary/aromatic N) is 1. The Bertz CT molecular complexity index is 1160. The van der Waals surface area contributed by atoms with Crippen molar-refractivity contribution in [3.05, 3.63) is 45.7 Å². The van der Waals surface area contributed by atoms with Gasteiger partial charge in [-0.3, -0.25) is 19.3 Å². The van der Waals surface area contributed by atoms with E-state index in [2.05, 4.69) is 4.90 Å². The summed E-state index contributed by atoms with van der Waals surface area (Å²) in [6.07, 6.45) is 2.40. The minimum atomic E-state index is -2.53. The normalized spacial score (nSPS) is 29.7. The van der Waals surface area contributed by atoms with Crippen LogP contribution < -0.4 is 5.73 Å². The van der Waals surface area contributed by atoms with Gasteiger partial charge in [0.25, 0.3) is 5.91 Å².